The normalized spacial score (nSPS) is 11.2. The van der Waals surface area contributed by atoms with Crippen LogP contribution in [0.15, 0.2) is 47.2 Å². The number of fused-ring (bicyclic) bond motifs is 1. The zero-order valence-corrected chi connectivity index (χ0v) is 13.3. The summed E-state index contributed by atoms with van der Waals surface area (Å²) in [6.07, 6.45) is 4.05. The number of hydrogen-bond acceptors (Lipinski definition) is 1. The van der Waals surface area contributed by atoms with Crippen molar-refractivity contribution < 1.29 is 0 Å². The van der Waals surface area contributed by atoms with Gasteiger partial charge in [0.05, 0.1) is 5.52 Å². The summed E-state index contributed by atoms with van der Waals surface area (Å²) < 4.78 is 3.13. The number of pyridine rings is 1. The van der Waals surface area contributed by atoms with E-state index in [2.05, 4.69) is 81.8 Å². The molecule has 1 aromatic carbocycles. The first-order valence-corrected chi connectivity index (χ1v) is 7.62. The maximum Gasteiger partial charge on any atom is 0.132 e. The highest BCUT2D eigenvalue weighted by atomic mass is 79.9. The van der Waals surface area contributed by atoms with Crippen molar-refractivity contribution in [2.24, 2.45) is 0 Å². The fourth-order valence-corrected chi connectivity index (χ4v) is 3.32. The van der Waals surface area contributed by atoms with E-state index in [1.165, 1.54) is 22.2 Å². The van der Waals surface area contributed by atoms with Crippen molar-refractivity contribution in [1.29, 1.82) is 0 Å². The van der Waals surface area contributed by atoms with Gasteiger partial charge in [-0.25, -0.2) is 4.98 Å². The molecule has 102 valence electrons. The van der Waals surface area contributed by atoms with Crippen LogP contribution in [0.1, 0.15) is 22.5 Å². The average molecular weight is 329 g/mol. The van der Waals surface area contributed by atoms with Gasteiger partial charge in [-0.05, 0) is 53.4 Å². The lowest BCUT2D eigenvalue weighted by molar-refractivity contribution is 0.850. The van der Waals surface area contributed by atoms with E-state index in [9.17, 15) is 0 Å². The van der Waals surface area contributed by atoms with Gasteiger partial charge in [-0.1, -0.05) is 35.9 Å². The average Bonchev–Trinajstić information content (AvgIpc) is 2.75. The second kappa shape index (κ2) is 5.41. The Bertz CT molecular complexity index is 759. The van der Waals surface area contributed by atoms with Gasteiger partial charge in [-0.3, -0.25) is 0 Å². The van der Waals surface area contributed by atoms with Gasteiger partial charge in [0.2, 0.25) is 0 Å². The van der Waals surface area contributed by atoms with E-state index in [-0.39, 0.29) is 0 Å². The van der Waals surface area contributed by atoms with Crippen molar-refractivity contribution in [3.05, 3.63) is 69.7 Å². The molecule has 3 heteroatoms. The number of benzene rings is 1. The van der Waals surface area contributed by atoms with Crippen LogP contribution in [0.2, 0.25) is 0 Å². The van der Waals surface area contributed by atoms with Crippen LogP contribution in [-0.2, 0) is 12.8 Å². The van der Waals surface area contributed by atoms with Gasteiger partial charge >= 0.3 is 0 Å². The van der Waals surface area contributed by atoms with E-state index in [0.29, 0.717) is 0 Å². The van der Waals surface area contributed by atoms with Crippen molar-refractivity contribution in [2.45, 2.75) is 26.7 Å². The molecule has 0 aliphatic heterocycles. The Morgan fingerprint density at radius 3 is 2.75 bits per heavy atom. The molecule has 0 aliphatic rings. The van der Waals surface area contributed by atoms with Crippen LogP contribution >= 0.6 is 15.9 Å². The highest BCUT2D eigenvalue weighted by Crippen LogP contribution is 2.23. The number of aromatic nitrogens is 2. The fourth-order valence-electron chi connectivity index (χ4n) is 2.61. The van der Waals surface area contributed by atoms with Gasteiger partial charge in [0.15, 0.2) is 0 Å². The summed E-state index contributed by atoms with van der Waals surface area (Å²) in [5.74, 6) is 1.11. The topological polar surface area (TPSA) is 17.3 Å². The molecule has 3 rings (SSSR count). The van der Waals surface area contributed by atoms with Crippen LogP contribution in [0.25, 0.3) is 5.52 Å². The van der Waals surface area contributed by atoms with E-state index < -0.39 is 0 Å². The molecule has 2 nitrogen and oxygen atoms in total. The van der Waals surface area contributed by atoms with Crippen LogP contribution in [0.5, 0.6) is 0 Å². The number of hydrogen-bond donors (Lipinski definition) is 0. The number of aryl methyl sites for hydroxylation is 4. The maximum absolute atomic E-state index is 4.67. The van der Waals surface area contributed by atoms with Gasteiger partial charge in [-0.15, -0.1) is 0 Å². The molecule has 0 spiro atoms. The van der Waals surface area contributed by atoms with Gasteiger partial charge in [-0.2, -0.15) is 0 Å². The van der Waals surface area contributed by atoms with E-state index in [1.807, 2.05) is 0 Å². The highest BCUT2D eigenvalue weighted by molar-refractivity contribution is 9.10. The molecule has 0 N–H and O–H groups in total. The van der Waals surface area contributed by atoms with E-state index in [1.54, 1.807) is 0 Å². The highest BCUT2D eigenvalue weighted by Gasteiger charge is 2.10. The Morgan fingerprint density at radius 2 is 1.95 bits per heavy atom. The van der Waals surface area contributed by atoms with Crippen molar-refractivity contribution in [3.8, 4) is 0 Å². The lowest BCUT2D eigenvalue weighted by Crippen LogP contribution is -1.98. The monoisotopic (exact) mass is 328 g/mol. The second-order valence-electron chi connectivity index (χ2n) is 5.22. The van der Waals surface area contributed by atoms with Crippen molar-refractivity contribution in [2.75, 3.05) is 0 Å². The summed E-state index contributed by atoms with van der Waals surface area (Å²) >= 11 is 3.57. The fraction of sp³-hybridized carbons (Fsp3) is 0.235. The van der Waals surface area contributed by atoms with Gasteiger partial charge in [0.25, 0.3) is 0 Å². The SMILES string of the molecule is Cc1cccc(CCc2nc(Br)c3c(C)cccn23)c1. The molecule has 3 aromatic rings. The Morgan fingerprint density at radius 1 is 1.10 bits per heavy atom. The first-order chi connectivity index (χ1) is 9.65. The summed E-state index contributed by atoms with van der Waals surface area (Å²) in [6.45, 7) is 4.25. The summed E-state index contributed by atoms with van der Waals surface area (Å²) in [5.41, 5.74) is 5.10. The molecule has 0 saturated carbocycles. The smallest absolute Gasteiger partial charge is 0.132 e. The van der Waals surface area contributed by atoms with Crippen LogP contribution in [0.3, 0.4) is 0 Å². The largest absolute Gasteiger partial charge is 0.302 e. The summed E-state index contributed by atoms with van der Waals surface area (Å²) in [6, 6.07) is 12.9. The van der Waals surface area contributed by atoms with Crippen molar-refractivity contribution >= 4 is 21.4 Å². The summed E-state index contributed by atoms with van der Waals surface area (Å²) in [7, 11) is 0. The first-order valence-electron chi connectivity index (χ1n) is 6.83. The predicted molar refractivity (Wildman–Crippen MR) is 86.2 cm³/mol. The maximum atomic E-state index is 4.67. The first kappa shape index (κ1) is 13.4. The molecule has 0 fully saturated rings. The Labute approximate surface area is 127 Å². The van der Waals surface area contributed by atoms with Crippen LogP contribution < -0.4 is 0 Å². The molecule has 0 aliphatic carbocycles. The van der Waals surface area contributed by atoms with Gasteiger partial charge < -0.3 is 4.40 Å². The van der Waals surface area contributed by atoms with Gasteiger partial charge in [0, 0.05) is 12.6 Å². The Hall–Kier alpha value is -1.61. The molecule has 2 heterocycles. The lowest BCUT2D eigenvalue weighted by atomic mass is 10.1. The third-order valence-electron chi connectivity index (χ3n) is 3.62. The molecule has 0 unspecified atom stereocenters. The quantitative estimate of drug-likeness (QED) is 0.692. The van der Waals surface area contributed by atoms with E-state index in [4.69, 9.17) is 0 Å². The molecule has 20 heavy (non-hydrogen) atoms. The molecule has 0 atom stereocenters. The number of halogens is 1. The molecule has 2 aromatic heterocycles. The number of nitrogens with zero attached hydrogens (tertiary/aromatic N) is 2. The Kier molecular flexibility index (Phi) is 3.62. The van der Waals surface area contributed by atoms with E-state index >= 15 is 0 Å². The predicted octanol–water partition coefficient (Wildman–Crippen LogP) is 4.50. The molecule has 0 saturated heterocycles. The number of imidazole rings is 1. The summed E-state index contributed by atoms with van der Waals surface area (Å²) in [4.78, 5) is 4.67. The third kappa shape index (κ3) is 2.50. The molecule has 0 amide bonds. The minimum atomic E-state index is 0.940. The molecule has 0 radical (unpaired) electrons. The van der Waals surface area contributed by atoms with Crippen LogP contribution in [-0.4, -0.2) is 9.38 Å². The standard InChI is InChI=1S/C17H17BrN2/c1-12-5-3-7-14(11-12)8-9-15-19-17(18)16-13(2)6-4-10-20(15)16/h3-7,10-11H,8-9H2,1-2H3. The Balaban J connectivity index is 1.90. The minimum Gasteiger partial charge on any atom is -0.302 e. The van der Waals surface area contributed by atoms with Gasteiger partial charge in [0.1, 0.15) is 10.4 Å². The number of rotatable bonds is 3. The van der Waals surface area contributed by atoms with E-state index in [0.717, 1.165) is 23.3 Å². The third-order valence-corrected chi connectivity index (χ3v) is 4.17. The molecule has 0 bridgehead atoms. The van der Waals surface area contributed by atoms with Crippen molar-refractivity contribution in [1.82, 2.24) is 9.38 Å². The molecular formula is C17H17BrN2. The van der Waals surface area contributed by atoms with Crippen LogP contribution in [0.4, 0.5) is 0 Å². The van der Waals surface area contributed by atoms with Crippen molar-refractivity contribution in [3.63, 3.8) is 0 Å². The lowest BCUT2D eigenvalue weighted by Gasteiger charge is -2.04. The van der Waals surface area contributed by atoms with Crippen LogP contribution in [0, 0.1) is 13.8 Å². The summed E-state index contributed by atoms with van der Waals surface area (Å²) in [5, 5.41) is 0. The zero-order valence-electron chi connectivity index (χ0n) is 11.7. The second-order valence-corrected chi connectivity index (χ2v) is 5.97. The zero-order chi connectivity index (χ0) is 14.1. The molecular weight excluding hydrogens is 312 g/mol. The minimum absolute atomic E-state index is 0.940.